The zero-order valence-electron chi connectivity index (χ0n) is 62.3. The predicted molar refractivity (Wildman–Crippen MR) is 381 cm³/mol. The molecule has 8 rings (SSSR count). The normalized spacial score (nSPS) is 27.5. The Morgan fingerprint density at radius 2 is 1.16 bits per heavy atom. The SMILES string of the molecule is CC[C@H](C)[C@@H]1NC(=O)[C@H](C2CCCCC2)N(C)C(=O)C[C@@H](C(=O)N2CCCCC2)N(C)C(=O)[C@H](C2CCCCC2)N(C)C(=O)C2(CCCC2)NC(=O)[C@@H]2CCCN2C(=O)[C@H](CCc2ccc(C(F)(F)F)c(Cl)c2)NC(=O)CN(C)C(=O)[C@H](CC2CCCCC2)N(C)C(=O)CN(C)C(=O)CN(C)C1=O. The number of rotatable bonds is 10. The highest BCUT2D eigenvalue weighted by Gasteiger charge is 2.52. The zero-order valence-corrected chi connectivity index (χ0v) is 63.0. The van der Waals surface area contributed by atoms with Crippen LogP contribution in [0.2, 0.25) is 5.02 Å². The van der Waals surface area contributed by atoms with E-state index >= 15 is 33.6 Å². The summed E-state index contributed by atoms with van der Waals surface area (Å²) in [7, 11) is 10.2. The molecule has 4 saturated carbocycles. The van der Waals surface area contributed by atoms with Crippen LogP contribution in [0.25, 0.3) is 0 Å². The van der Waals surface area contributed by atoms with Gasteiger partial charge in [-0.05, 0) is 131 Å². The Bertz CT molecular complexity index is 3200. The summed E-state index contributed by atoms with van der Waals surface area (Å²) >= 11 is 6.17. The van der Waals surface area contributed by atoms with Crippen LogP contribution >= 0.6 is 11.6 Å². The molecule has 28 heteroatoms. The van der Waals surface area contributed by atoms with Crippen LogP contribution in [0.5, 0.6) is 0 Å². The van der Waals surface area contributed by atoms with Gasteiger partial charge >= 0.3 is 6.18 Å². The molecule has 1 spiro atoms. The molecule has 24 nitrogen and oxygen atoms in total. The minimum atomic E-state index is -4.76. The van der Waals surface area contributed by atoms with Gasteiger partial charge in [-0.2, -0.15) is 13.2 Å². The Morgan fingerprint density at radius 1 is 0.583 bits per heavy atom. The van der Waals surface area contributed by atoms with Crippen molar-refractivity contribution in [3.8, 4) is 0 Å². The molecular formula is C75H114ClF3N12O12. The Kier molecular flexibility index (Phi) is 29.1. The zero-order chi connectivity index (χ0) is 75.2. The number of likely N-dealkylation sites (tertiary alicyclic amines) is 1. The fourth-order valence-electron chi connectivity index (χ4n) is 17.1. The maximum Gasteiger partial charge on any atom is 0.417 e. The highest BCUT2D eigenvalue weighted by Crippen LogP contribution is 2.39. The van der Waals surface area contributed by atoms with Crippen molar-refractivity contribution in [2.45, 2.75) is 254 Å². The predicted octanol–water partition coefficient (Wildman–Crippen LogP) is 6.96. The van der Waals surface area contributed by atoms with Gasteiger partial charge in [-0.25, -0.2) is 0 Å². The molecule has 0 unspecified atom stereocenters. The highest BCUT2D eigenvalue weighted by atomic mass is 35.5. The summed E-state index contributed by atoms with van der Waals surface area (Å²) in [5, 5.41) is 8.31. The summed E-state index contributed by atoms with van der Waals surface area (Å²) in [5.41, 5.74) is -2.33. The van der Waals surface area contributed by atoms with Gasteiger partial charge in [-0.15, -0.1) is 0 Å². The van der Waals surface area contributed by atoms with Crippen molar-refractivity contribution in [3.05, 3.63) is 34.3 Å². The van der Waals surface area contributed by atoms with Crippen LogP contribution in [0, 0.1) is 23.7 Å². The Balaban J connectivity index is 1.18. The molecule has 12 amide bonds. The number of fused-ring (bicyclic) bond motifs is 1. The van der Waals surface area contributed by atoms with E-state index in [9.17, 15) is 37.1 Å². The van der Waals surface area contributed by atoms with E-state index in [1.165, 1.54) is 84.8 Å². The average Bonchev–Trinajstić information content (AvgIpc) is 1.74. The average molecular weight is 1470 g/mol. The van der Waals surface area contributed by atoms with E-state index in [1.54, 1.807) is 11.8 Å². The van der Waals surface area contributed by atoms with Gasteiger partial charge in [0.15, 0.2) is 0 Å². The fraction of sp³-hybridized carbons (Fsp3) is 0.760. The van der Waals surface area contributed by atoms with Gasteiger partial charge in [0, 0.05) is 69.0 Å². The number of hydrogen-bond donors (Lipinski definition) is 3. The van der Waals surface area contributed by atoms with Crippen molar-refractivity contribution in [3.63, 3.8) is 0 Å². The molecule has 3 N–H and O–H groups in total. The molecular weight excluding hydrogens is 1350 g/mol. The van der Waals surface area contributed by atoms with Crippen molar-refractivity contribution in [1.82, 2.24) is 60.0 Å². The van der Waals surface area contributed by atoms with Gasteiger partial charge in [0.2, 0.25) is 70.9 Å². The number of alkyl halides is 3. The van der Waals surface area contributed by atoms with Gasteiger partial charge in [0.25, 0.3) is 0 Å². The van der Waals surface area contributed by atoms with Gasteiger partial charge in [0.05, 0.1) is 36.6 Å². The molecule has 574 valence electrons. The number of benzene rings is 1. The molecule has 0 aromatic heterocycles. The summed E-state index contributed by atoms with van der Waals surface area (Å²) in [6.45, 7) is 2.81. The summed E-state index contributed by atoms with van der Waals surface area (Å²) in [6, 6.07) is -5.40. The van der Waals surface area contributed by atoms with E-state index in [1.807, 2.05) is 6.92 Å². The number of amides is 12. The van der Waals surface area contributed by atoms with E-state index in [2.05, 4.69) is 16.0 Å². The first-order chi connectivity index (χ1) is 48.9. The van der Waals surface area contributed by atoms with Crippen molar-refractivity contribution in [1.29, 1.82) is 0 Å². The lowest BCUT2D eigenvalue weighted by Crippen LogP contribution is -2.65. The number of aryl methyl sites for hydroxylation is 1. The van der Waals surface area contributed by atoms with E-state index in [0.29, 0.717) is 82.9 Å². The van der Waals surface area contributed by atoms with E-state index < -0.39 is 173 Å². The number of likely N-dealkylation sites (N-methyl/N-ethyl adjacent to an activating group) is 7. The lowest BCUT2D eigenvalue weighted by Gasteiger charge is -2.43. The quantitative estimate of drug-likeness (QED) is 0.215. The van der Waals surface area contributed by atoms with Crippen LogP contribution in [0.15, 0.2) is 18.2 Å². The second-order valence-corrected chi connectivity index (χ2v) is 31.3. The minimum absolute atomic E-state index is 0.0220. The highest BCUT2D eigenvalue weighted by molar-refractivity contribution is 6.31. The number of nitrogens with zero attached hydrogens (tertiary/aromatic N) is 9. The van der Waals surface area contributed by atoms with E-state index in [4.69, 9.17) is 11.6 Å². The third kappa shape index (κ3) is 20.3. The summed E-state index contributed by atoms with van der Waals surface area (Å²) < 4.78 is 41.7. The smallest absolute Gasteiger partial charge is 0.343 e. The molecule has 8 atom stereocenters. The van der Waals surface area contributed by atoms with Crippen molar-refractivity contribution < 1.29 is 70.7 Å². The number of carbonyl (C=O) groups excluding carboxylic acids is 12. The Morgan fingerprint density at radius 3 is 1.75 bits per heavy atom. The molecule has 3 aliphatic heterocycles. The maximum atomic E-state index is 15.9. The molecule has 3 saturated heterocycles. The lowest BCUT2D eigenvalue weighted by atomic mass is 9.81. The second-order valence-electron chi connectivity index (χ2n) is 30.9. The van der Waals surface area contributed by atoms with E-state index in [0.717, 1.165) is 99.0 Å². The topological polar surface area (TPSA) is 270 Å². The lowest BCUT2D eigenvalue weighted by molar-refractivity contribution is -0.157. The third-order valence-electron chi connectivity index (χ3n) is 23.7. The number of nitrogens with one attached hydrogen (secondary N) is 3. The van der Waals surface area contributed by atoms with Crippen LogP contribution in [-0.2, 0) is 70.1 Å². The number of piperidine rings is 1. The van der Waals surface area contributed by atoms with Crippen molar-refractivity contribution in [2.24, 2.45) is 23.7 Å². The van der Waals surface area contributed by atoms with Crippen LogP contribution < -0.4 is 16.0 Å². The van der Waals surface area contributed by atoms with Gasteiger partial charge < -0.3 is 60.0 Å². The monoisotopic (exact) mass is 1470 g/mol. The van der Waals surface area contributed by atoms with Crippen LogP contribution in [0.3, 0.4) is 0 Å². The van der Waals surface area contributed by atoms with Gasteiger partial charge in [0.1, 0.15) is 47.8 Å². The molecule has 103 heavy (non-hydrogen) atoms. The molecule has 4 aliphatic carbocycles. The standard InChI is InChI=1S/C75H114ClF3N12O12/c1-10-48(2)63-71(101)85(5)46-61(94)83(3)47-62(95)86(6)57(43-49-26-15-11-16-27-49)69(99)84(4)45-59(92)80-55(36-34-50-33-35-53(54(76)42-50)75(77,78)79)68(98)91-41-25-32-56(91)66(96)82-74(37-21-22-38-74)73(103)89(9)65(52-30-19-13-20-31-52)72(102)87(7)58(70(100)90-39-23-14-24-40-90)44-60(93)88(8)64(67(97)81-63)51-28-17-12-18-29-51/h33,35,42,48-49,51-52,55-58,63-65H,10-32,34,36-41,43-47H2,1-9H3,(H,80,92)(H,81,97)(H,82,96)/t48-,55-,56-,57-,58-,63-,64-,65-/m0/s1. The van der Waals surface area contributed by atoms with Crippen molar-refractivity contribution in [2.75, 3.05) is 88.6 Å². The fourth-order valence-corrected chi connectivity index (χ4v) is 17.4. The maximum absolute atomic E-state index is 15.9. The van der Waals surface area contributed by atoms with Gasteiger partial charge in [-0.3, -0.25) is 57.5 Å². The van der Waals surface area contributed by atoms with Gasteiger partial charge in [-0.1, -0.05) is 121 Å². The number of hydrogen-bond acceptors (Lipinski definition) is 12. The largest absolute Gasteiger partial charge is 0.417 e. The molecule has 7 fully saturated rings. The minimum Gasteiger partial charge on any atom is -0.343 e. The molecule has 1 aromatic rings. The summed E-state index contributed by atoms with van der Waals surface area (Å²) in [6.07, 6.45) is 10.8. The van der Waals surface area contributed by atoms with Crippen molar-refractivity contribution >= 4 is 82.5 Å². The van der Waals surface area contributed by atoms with Crippen LogP contribution in [-0.4, -0.2) is 251 Å². The first kappa shape index (κ1) is 81.6. The van der Waals surface area contributed by atoms with Crippen LogP contribution in [0.1, 0.15) is 205 Å². The first-order valence-corrected chi connectivity index (χ1v) is 38.4. The van der Waals surface area contributed by atoms with Crippen LogP contribution in [0.4, 0.5) is 13.2 Å². The molecule has 1 aromatic carbocycles. The molecule has 3 heterocycles. The van der Waals surface area contributed by atoms with E-state index in [-0.39, 0.29) is 56.9 Å². The molecule has 7 aliphatic rings. The number of halogens is 4. The summed E-state index contributed by atoms with van der Waals surface area (Å²) in [4.78, 5) is 193. The third-order valence-corrected chi connectivity index (χ3v) is 24.0. The number of carbonyl (C=O) groups is 12. The Labute approximate surface area is 611 Å². The molecule has 0 bridgehead atoms. The first-order valence-electron chi connectivity index (χ1n) is 38.0. The second kappa shape index (κ2) is 36.8. The Hall–Kier alpha value is -7.06. The summed E-state index contributed by atoms with van der Waals surface area (Å²) in [5.74, 6) is -8.64. The molecule has 0 radical (unpaired) electrons.